The molecule has 4 heteroatoms. The average Bonchev–Trinajstić information content (AvgIpc) is 2.27. The second-order valence-corrected chi connectivity index (χ2v) is 6.42. The SMILES string of the molecule is Clc1ccc(Sc2ccc(Br)c(Br)c2)cc1. The van der Waals surface area contributed by atoms with Crippen molar-refractivity contribution in [3.05, 3.63) is 56.4 Å². The molecule has 0 bridgehead atoms. The average molecular weight is 379 g/mol. The molecule has 0 saturated carbocycles. The molecule has 0 atom stereocenters. The Balaban J connectivity index is 2.20. The highest BCUT2D eigenvalue weighted by Crippen LogP contribution is 2.33. The number of halogens is 3. The molecule has 0 aromatic heterocycles. The summed E-state index contributed by atoms with van der Waals surface area (Å²) in [7, 11) is 0. The molecule has 0 aliphatic carbocycles. The van der Waals surface area contributed by atoms with E-state index >= 15 is 0 Å². The van der Waals surface area contributed by atoms with Crippen LogP contribution >= 0.6 is 55.2 Å². The molecule has 2 aromatic rings. The molecule has 0 fully saturated rings. The van der Waals surface area contributed by atoms with Crippen LogP contribution in [0, 0.1) is 0 Å². The Hall–Kier alpha value is 0.0400. The van der Waals surface area contributed by atoms with Crippen LogP contribution in [0.25, 0.3) is 0 Å². The van der Waals surface area contributed by atoms with Gasteiger partial charge < -0.3 is 0 Å². The Labute approximate surface area is 121 Å². The van der Waals surface area contributed by atoms with E-state index in [4.69, 9.17) is 11.6 Å². The first-order chi connectivity index (χ1) is 7.65. The summed E-state index contributed by atoms with van der Waals surface area (Å²) in [5, 5.41) is 0.765. The van der Waals surface area contributed by atoms with Gasteiger partial charge in [0.05, 0.1) is 0 Å². The summed E-state index contributed by atoms with van der Waals surface area (Å²) in [5.74, 6) is 0. The topological polar surface area (TPSA) is 0 Å². The predicted octanol–water partition coefficient (Wildman–Crippen LogP) is 6.02. The van der Waals surface area contributed by atoms with Gasteiger partial charge in [-0.1, -0.05) is 23.4 Å². The van der Waals surface area contributed by atoms with E-state index in [0.29, 0.717) is 0 Å². The quantitative estimate of drug-likeness (QED) is 0.616. The van der Waals surface area contributed by atoms with Crippen LogP contribution < -0.4 is 0 Å². The second kappa shape index (κ2) is 5.58. The maximum absolute atomic E-state index is 5.84. The van der Waals surface area contributed by atoms with Crippen molar-refractivity contribution in [3.8, 4) is 0 Å². The van der Waals surface area contributed by atoms with Crippen molar-refractivity contribution in [2.75, 3.05) is 0 Å². The third kappa shape index (κ3) is 3.27. The van der Waals surface area contributed by atoms with Crippen LogP contribution in [0.15, 0.2) is 61.2 Å². The van der Waals surface area contributed by atoms with Gasteiger partial charge in [0.15, 0.2) is 0 Å². The highest BCUT2D eigenvalue weighted by atomic mass is 79.9. The Kier molecular flexibility index (Phi) is 4.36. The fourth-order valence-corrected chi connectivity index (χ4v) is 2.94. The van der Waals surface area contributed by atoms with Gasteiger partial charge in [0.25, 0.3) is 0 Å². The minimum absolute atomic E-state index is 0.765. The third-order valence-corrected chi connectivity index (χ3v) is 5.07. The Morgan fingerprint density at radius 3 is 2.06 bits per heavy atom. The molecule has 82 valence electrons. The first-order valence-electron chi connectivity index (χ1n) is 4.53. The molecule has 0 aliphatic heterocycles. The first kappa shape index (κ1) is 12.5. The molecular weight excluding hydrogens is 371 g/mol. The molecule has 0 saturated heterocycles. The first-order valence-corrected chi connectivity index (χ1v) is 7.32. The summed E-state index contributed by atoms with van der Waals surface area (Å²) in [5.41, 5.74) is 0. The van der Waals surface area contributed by atoms with E-state index in [1.54, 1.807) is 11.8 Å². The second-order valence-electron chi connectivity index (χ2n) is 3.13. The normalized spacial score (nSPS) is 10.4. The van der Waals surface area contributed by atoms with Crippen LogP contribution in [0.3, 0.4) is 0 Å². The van der Waals surface area contributed by atoms with Crippen LogP contribution in [0.5, 0.6) is 0 Å². The molecule has 0 aliphatic rings. The lowest BCUT2D eigenvalue weighted by Gasteiger charge is -2.03. The van der Waals surface area contributed by atoms with E-state index in [1.165, 1.54) is 9.79 Å². The van der Waals surface area contributed by atoms with Gasteiger partial charge in [-0.15, -0.1) is 0 Å². The summed E-state index contributed by atoms with van der Waals surface area (Å²) in [6.45, 7) is 0. The van der Waals surface area contributed by atoms with E-state index < -0.39 is 0 Å². The van der Waals surface area contributed by atoms with Crippen molar-refractivity contribution < 1.29 is 0 Å². The molecule has 0 radical (unpaired) electrons. The van der Waals surface area contributed by atoms with Gasteiger partial charge in [0.2, 0.25) is 0 Å². The van der Waals surface area contributed by atoms with Gasteiger partial charge in [0, 0.05) is 23.8 Å². The van der Waals surface area contributed by atoms with Gasteiger partial charge in [-0.2, -0.15) is 0 Å². The van der Waals surface area contributed by atoms with Crippen molar-refractivity contribution in [1.82, 2.24) is 0 Å². The van der Waals surface area contributed by atoms with Crippen LogP contribution in [0.1, 0.15) is 0 Å². The summed E-state index contributed by atoms with van der Waals surface area (Å²) in [6, 6.07) is 14.0. The van der Waals surface area contributed by atoms with Gasteiger partial charge >= 0.3 is 0 Å². The number of hydrogen-bond donors (Lipinski definition) is 0. The zero-order valence-electron chi connectivity index (χ0n) is 8.08. The van der Waals surface area contributed by atoms with E-state index in [-0.39, 0.29) is 0 Å². The van der Waals surface area contributed by atoms with Crippen LogP contribution in [0.4, 0.5) is 0 Å². The highest BCUT2D eigenvalue weighted by molar-refractivity contribution is 9.13. The minimum Gasteiger partial charge on any atom is -0.0901 e. The van der Waals surface area contributed by atoms with Crippen molar-refractivity contribution in [2.45, 2.75) is 9.79 Å². The summed E-state index contributed by atoms with van der Waals surface area (Å²) in [6.07, 6.45) is 0. The van der Waals surface area contributed by atoms with Crippen LogP contribution in [-0.2, 0) is 0 Å². The van der Waals surface area contributed by atoms with E-state index in [9.17, 15) is 0 Å². The maximum atomic E-state index is 5.84. The van der Waals surface area contributed by atoms with Gasteiger partial charge in [-0.3, -0.25) is 0 Å². The van der Waals surface area contributed by atoms with Crippen molar-refractivity contribution >= 4 is 55.2 Å². The summed E-state index contributed by atoms with van der Waals surface area (Å²) < 4.78 is 2.12. The number of hydrogen-bond acceptors (Lipinski definition) is 1. The van der Waals surface area contributed by atoms with E-state index in [2.05, 4.69) is 44.0 Å². The largest absolute Gasteiger partial charge is 0.0901 e. The van der Waals surface area contributed by atoms with E-state index in [0.717, 1.165) is 14.0 Å². The van der Waals surface area contributed by atoms with Crippen molar-refractivity contribution in [1.29, 1.82) is 0 Å². The zero-order valence-corrected chi connectivity index (χ0v) is 12.8. The van der Waals surface area contributed by atoms with Gasteiger partial charge in [-0.25, -0.2) is 0 Å². The van der Waals surface area contributed by atoms with Crippen LogP contribution in [0.2, 0.25) is 5.02 Å². The van der Waals surface area contributed by atoms with Crippen molar-refractivity contribution in [3.63, 3.8) is 0 Å². The standard InChI is InChI=1S/C12H7Br2ClS/c13-11-6-5-10(7-12(11)14)16-9-3-1-8(15)2-4-9/h1-7H. The lowest BCUT2D eigenvalue weighted by Crippen LogP contribution is -1.75. The molecule has 2 rings (SSSR count). The number of rotatable bonds is 2. The van der Waals surface area contributed by atoms with E-state index in [1.807, 2.05) is 30.3 Å². The van der Waals surface area contributed by atoms with Gasteiger partial charge in [0.1, 0.15) is 0 Å². The maximum Gasteiger partial charge on any atom is 0.0406 e. The molecule has 0 amide bonds. The molecule has 0 N–H and O–H groups in total. The lowest BCUT2D eigenvalue weighted by atomic mass is 10.4. The molecular formula is C12H7Br2ClS. The van der Waals surface area contributed by atoms with Crippen molar-refractivity contribution in [2.24, 2.45) is 0 Å². The fraction of sp³-hybridized carbons (Fsp3) is 0. The Morgan fingerprint density at radius 1 is 0.812 bits per heavy atom. The van der Waals surface area contributed by atoms with Crippen LogP contribution in [-0.4, -0.2) is 0 Å². The molecule has 0 unspecified atom stereocenters. The van der Waals surface area contributed by atoms with Gasteiger partial charge in [-0.05, 0) is 74.3 Å². The Bertz CT molecular complexity index is 497. The highest BCUT2D eigenvalue weighted by Gasteiger charge is 2.01. The molecule has 0 spiro atoms. The summed E-state index contributed by atoms with van der Waals surface area (Å²) in [4.78, 5) is 2.37. The molecule has 2 aromatic carbocycles. The summed E-state index contributed by atoms with van der Waals surface area (Å²) >= 11 is 14.5. The number of benzene rings is 2. The lowest BCUT2D eigenvalue weighted by molar-refractivity contribution is 1.38. The third-order valence-electron chi connectivity index (χ3n) is 1.94. The molecule has 0 heterocycles. The zero-order chi connectivity index (χ0) is 11.5. The smallest absolute Gasteiger partial charge is 0.0406 e. The monoisotopic (exact) mass is 376 g/mol. The molecule has 16 heavy (non-hydrogen) atoms. The molecule has 0 nitrogen and oxygen atoms in total. The predicted molar refractivity (Wildman–Crippen MR) is 77.4 cm³/mol. The Morgan fingerprint density at radius 2 is 1.44 bits per heavy atom. The fourth-order valence-electron chi connectivity index (χ4n) is 1.18. The minimum atomic E-state index is 0.765.